The fraction of sp³-hybridized carbons (Fsp3) is 0.474. The summed E-state index contributed by atoms with van der Waals surface area (Å²) in [7, 11) is 7.20. The van der Waals surface area contributed by atoms with Crippen LogP contribution >= 0.6 is 0 Å². The van der Waals surface area contributed by atoms with Gasteiger partial charge in [0.25, 0.3) is 5.91 Å². The molecule has 2 aromatic rings. The quantitative estimate of drug-likeness (QED) is 0.795. The number of nitrogens with zero attached hydrogens (tertiary/aromatic N) is 4. The number of carbonyl (C=O) groups is 1. The summed E-state index contributed by atoms with van der Waals surface area (Å²) in [6.07, 6.45) is 3.45. The first kappa shape index (κ1) is 19.3. The van der Waals surface area contributed by atoms with Gasteiger partial charge in [0.2, 0.25) is 0 Å². The summed E-state index contributed by atoms with van der Waals surface area (Å²) in [4.78, 5) is 17.1. The molecular weight excluding hydrogens is 351 g/mol. The van der Waals surface area contributed by atoms with E-state index in [2.05, 4.69) is 5.10 Å². The third kappa shape index (κ3) is 4.12. The molecule has 0 aliphatic carbocycles. The van der Waals surface area contributed by atoms with Gasteiger partial charge in [-0.15, -0.1) is 0 Å². The number of ether oxygens (including phenoxy) is 2. The number of aryl methyl sites for hydroxylation is 1. The molecule has 1 aromatic heterocycles. The first-order chi connectivity index (χ1) is 12.9. The molecule has 0 unspecified atom stereocenters. The number of aromatic nitrogens is 2. The molecule has 1 fully saturated rings. The number of likely N-dealkylation sites (N-methyl/N-ethyl adjacent to an activating group) is 1. The van der Waals surface area contributed by atoms with E-state index in [4.69, 9.17) is 9.47 Å². The van der Waals surface area contributed by atoms with Gasteiger partial charge in [0.15, 0.2) is 0 Å². The van der Waals surface area contributed by atoms with E-state index in [9.17, 15) is 9.18 Å². The summed E-state index contributed by atoms with van der Waals surface area (Å²) < 4.78 is 26.5. The summed E-state index contributed by atoms with van der Waals surface area (Å²) >= 11 is 0. The van der Waals surface area contributed by atoms with Crippen LogP contribution in [-0.4, -0.2) is 72.5 Å². The van der Waals surface area contributed by atoms with E-state index in [0.29, 0.717) is 25.3 Å². The minimum Gasteiger partial charge on any atom is -0.496 e. The van der Waals surface area contributed by atoms with Gasteiger partial charge in [0.05, 0.1) is 37.6 Å². The maximum absolute atomic E-state index is 13.5. The standard InChI is InChI=1S/C19H25FN4O3/c1-22(2)12-17-18(13-10-21-23(3)11-13)24(7-8-27-17)19(25)15-6-5-14(20)9-16(15)26-4/h5-6,9-11,17-18H,7-8,12H2,1-4H3/t17-,18-/m0/s1. The first-order valence-electron chi connectivity index (χ1n) is 8.80. The molecule has 2 atom stereocenters. The molecule has 2 heterocycles. The monoisotopic (exact) mass is 376 g/mol. The van der Waals surface area contributed by atoms with Crippen LogP contribution in [0.3, 0.4) is 0 Å². The van der Waals surface area contributed by atoms with E-state index in [1.165, 1.54) is 25.3 Å². The molecule has 1 amide bonds. The number of methoxy groups -OCH3 is 1. The van der Waals surface area contributed by atoms with Crippen LogP contribution in [0.5, 0.6) is 5.75 Å². The number of halogens is 1. The molecule has 1 saturated heterocycles. The van der Waals surface area contributed by atoms with Crippen LogP contribution in [-0.2, 0) is 11.8 Å². The van der Waals surface area contributed by atoms with Crippen molar-refractivity contribution in [3.8, 4) is 5.75 Å². The van der Waals surface area contributed by atoms with Crippen molar-refractivity contribution in [2.75, 3.05) is 40.9 Å². The second-order valence-corrected chi connectivity index (χ2v) is 6.91. The smallest absolute Gasteiger partial charge is 0.258 e. The van der Waals surface area contributed by atoms with Gasteiger partial charge in [-0.25, -0.2) is 4.39 Å². The van der Waals surface area contributed by atoms with Crippen LogP contribution in [0.4, 0.5) is 4.39 Å². The SMILES string of the molecule is COc1cc(F)ccc1C(=O)N1CCO[C@@H](CN(C)C)[C@@H]1c1cnn(C)c1. The second kappa shape index (κ2) is 8.06. The molecule has 1 aromatic carbocycles. The Morgan fingerprint density at radius 3 is 2.85 bits per heavy atom. The molecule has 0 N–H and O–H groups in total. The highest BCUT2D eigenvalue weighted by atomic mass is 19.1. The molecule has 27 heavy (non-hydrogen) atoms. The number of hydrogen-bond acceptors (Lipinski definition) is 5. The van der Waals surface area contributed by atoms with E-state index in [1.54, 1.807) is 15.8 Å². The van der Waals surface area contributed by atoms with Crippen molar-refractivity contribution in [2.24, 2.45) is 7.05 Å². The fourth-order valence-electron chi connectivity index (χ4n) is 3.46. The summed E-state index contributed by atoms with van der Waals surface area (Å²) in [5.41, 5.74) is 1.23. The van der Waals surface area contributed by atoms with E-state index >= 15 is 0 Å². The van der Waals surface area contributed by atoms with Crippen molar-refractivity contribution in [3.63, 3.8) is 0 Å². The van der Waals surface area contributed by atoms with E-state index in [-0.39, 0.29) is 23.8 Å². The molecule has 0 radical (unpaired) electrons. The summed E-state index contributed by atoms with van der Waals surface area (Å²) in [6, 6.07) is 3.67. The molecular formula is C19H25FN4O3. The number of carbonyl (C=O) groups excluding carboxylic acids is 1. The van der Waals surface area contributed by atoms with Crippen LogP contribution in [0.1, 0.15) is 22.0 Å². The largest absolute Gasteiger partial charge is 0.496 e. The lowest BCUT2D eigenvalue weighted by Crippen LogP contribution is -2.51. The van der Waals surface area contributed by atoms with Crippen LogP contribution in [0, 0.1) is 5.82 Å². The number of morpholine rings is 1. The molecule has 7 nitrogen and oxygen atoms in total. The molecule has 8 heteroatoms. The predicted molar refractivity (Wildman–Crippen MR) is 98.2 cm³/mol. The highest BCUT2D eigenvalue weighted by Crippen LogP contribution is 2.33. The molecule has 0 saturated carbocycles. The van der Waals surface area contributed by atoms with E-state index < -0.39 is 5.82 Å². The van der Waals surface area contributed by atoms with Gasteiger partial charge >= 0.3 is 0 Å². The Balaban J connectivity index is 1.99. The van der Waals surface area contributed by atoms with Gasteiger partial charge in [-0.05, 0) is 26.2 Å². The highest BCUT2D eigenvalue weighted by molar-refractivity contribution is 5.97. The Hall–Kier alpha value is -2.45. The number of hydrogen-bond donors (Lipinski definition) is 0. The summed E-state index contributed by atoms with van der Waals surface area (Å²) in [5, 5.41) is 4.25. The second-order valence-electron chi connectivity index (χ2n) is 6.91. The lowest BCUT2D eigenvalue weighted by Gasteiger charge is -2.42. The number of rotatable bonds is 5. The van der Waals surface area contributed by atoms with Crippen molar-refractivity contribution >= 4 is 5.91 Å². The minimum absolute atomic E-state index is 0.201. The normalized spacial score (nSPS) is 20.1. The minimum atomic E-state index is -0.445. The zero-order valence-electron chi connectivity index (χ0n) is 16.1. The zero-order chi connectivity index (χ0) is 19.6. The van der Waals surface area contributed by atoms with Crippen molar-refractivity contribution in [1.29, 1.82) is 0 Å². The Bertz CT molecular complexity index is 808. The van der Waals surface area contributed by atoms with Crippen molar-refractivity contribution in [1.82, 2.24) is 19.6 Å². The van der Waals surface area contributed by atoms with Gasteiger partial charge in [0, 0.05) is 38.0 Å². The molecule has 3 rings (SSSR count). The molecule has 0 spiro atoms. The van der Waals surface area contributed by atoms with Crippen LogP contribution in [0.15, 0.2) is 30.6 Å². The van der Waals surface area contributed by atoms with Gasteiger partial charge in [0.1, 0.15) is 11.6 Å². The van der Waals surface area contributed by atoms with Gasteiger partial charge in [-0.3, -0.25) is 9.48 Å². The summed E-state index contributed by atoms with van der Waals surface area (Å²) in [6.45, 7) is 1.53. The topological polar surface area (TPSA) is 59.8 Å². The van der Waals surface area contributed by atoms with Gasteiger partial charge < -0.3 is 19.3 Å². The van der Waals surface area contributed by atoms with Crippen molar-refractivity contribution in [2.45, 2.75) is 12.1 Å². The average molecular weight is 376 g/mol. The number of amides is 1. The first-order valence-corrected chi connectivity index (χ1v) is 8.80. The van der Waals surface area contributed by atoms with Crippen LogP contribution in [0.25, 0.3) is 0 Å². The fourth-order valence-corrected chi connectivity index (χ4v) is 3.46. The molecule has 146 valence electrons. The molecule has 1 aliphatic rings. The Labute approximate surface area is 158 Å². The lowest BCUT2D eigenvalue weighted by atomic mass is 9.99. The number of benzene rings is 1. The third-order valence-corrected chi connectivity index (χ3v) is 4.62. The maximum atomic E-state index is 13.5. The molecule has 1 aliphatic heterocycles. The Morgan fingerprint density at radius 1 is 1.44 bits per heavy atom. The van der Waals surface area contributed by atoms with Gasteiger partial charge in [-0.1, -0.05) is 0 Å². The highest BCUT2D eigenvalue weighted by Gasteiger charge is 2.38. The van der Waals surface area contributed by atoms with Gasteiger partial charge in [-0.2, -0.15) is 5.10 Å². The van der Waals surface area contributed by atoms with E-state index in [1.807, 2.05) is 32.2 Å². The third-order valence-electron chi connectivity index (χ3n) is 4.62. The van der Waals surface area contributed by atoms with Crippen molar-refractivity contribution < 1.29 is 18.7 Å². The van der Waals surface area contributed by atoms with Crippen LogP contribution in [0.2, 0.25) is 0 Å². The Kier molecular flexibility index (Phi) is 5.76. The zero-order valence-corrected chi connectivity index (χ0v) is 16.1. The van der Waals surface area contributed by atoms with E-state index in [0.717, 1.165) is 5.56 Å². The lowest BCUT2D eigenvalue weighted by molar-refractivity contribution is -0.0685. The summed E-state index contributed by atoms with van der Waals surface area (Å²) in [5.74, 6) is -0.437. The average Bonchev–Trinajstić information content (AvgIpc) is 3.06. The predicted octanol–water partition coefficient (Wildman–Crippen LogP) is 1.71. The maximum Gasteiger partial charge on any atom is 0.258 e. The molecule has 0 bridgehead atoms. The Morgan fingerprint density at radius 2 is 2.22 bits per heavy atom. The van der Waals surface area contributed by atoms with Crippen molar-refractivity contribution in [3.05, 3.63) is 47.5 Å². The van der Waals surface area contributed by atoms with Crippen LogP contribution < -0.4 is 4.74 Å².